The van der Waals surface area contributed by atoms with Gasteiger partial charge in [-0.05, 0) is 78.4 Å². The smallest absolute Gasteiger partial charge is 0.145 e. The maximum atomic E-state index is 9.87. The first-order valence-corrected chi connectivity index (χ1v) is 13.8. The van der Waals surface area contributed by atoms with E-state index in [2.05, 4.69) is 65.2 Å². The van der Waals surface area contributed by atoms with Gasteiger partial charge in [0.05, 0.1) is 33.7 Å². The minimum atomic E-state index is 0.593. The van der Waals surface area contributed by atoms with Crippen molar-refractivity contribution in [3.8, 4) is 22.9 Å². The van der Waals surface area contributed by atoms with E-state index in [-0.39, 0.29) is 0 Å². The number of fused-ring (bicyclic) bond motifs is 10. The van der Waals surface area contributed by atoms with Gasteiger partial charge in [0.25, 0.3) is 0 Å². The molecule has 0 aliphatic rings. The molecule has 196 valence electrons. The molecule has 3 aromatic heterocycles. The molecule has 0 fully saturated rings. The zero-order chi connectivity index (χ0) is 27.9. The van der Waals surface area contributed by atoms with Crippen LogP contribution in [0.1, 0.15) is 5.56 Å². The standard InChI is InChI=1S/C37H21N3O2/c38-20-21-9-13-31(27(17-21)22-10-15-34-28(18-22)29-19-23(39)11-16-35(29)41-34)40-30-7-3-1-6-26(30)36-32(40)14-12-25-24-5-2-4-8-33(24)42-37(25)36/h1-19H,39H2. The van der Waals surface area contributed by atoms with Crippen molar-refractivity contribution in [1.82, 2.24) is 4.57 Å². The van der Waals surface area contributed by atoms with Crippen molar-refractivity contribution in [1.29, 1.82) is 5.26 Å². The average molecular weight is 540 g/mol. The molecule has 5 heteroatoms. The molecule has 0 atom stereocenters. The fraction of sp³-hybridized carbons (Fsp3) is 0. The predicted molar refractivity (Wildman–Crippen MR) is 170 cm³/mol. The highest BCUT2D eigenvalue weighted by atomic mass is 16.3. The fourth-order valence-electron chi connectivity index (χ4n) is 6.49. The van der Waals surface area contributed by atoms with Gasteiger partial charge in [0, 0.05) is 38.2 Å². The minimum Gasteiger partial charge on any atom is -0.456 e. The molecule has 9 aromatic rings. The summed E-state index contributed by atoms with van der Waals surface area (Å²) in [4.78, 5) is 0. The highest BCUT2D eigenvalue weighted by Crippen LogP contribution is 2.43. The number of nitrogens with zero attached hydrogens (tertiary/aromatic N) is 2. The van der Waals surface area contributed by atoms with E-state index in [4.69, 9.17) is 14.6 Å². The molecule has 0 aliphatic carbocycles. The summed E-state index contributed by atoms with van der Waals surface area (Å²) < 4.78 is 14.9. The number of benzene rings is 6. The Morgan fingerprint density at radius 1 is 0.595 bits per heavy atom. The van der Waals surface area contributed by atoms with Gasteiger partial charge < -0.3 is 19.1 Å². The minimum absolute atomic E-state index is 0.593. The van der Waals surface area contributed by atoms with Crippen LogP contribution in [-0.4, -0.2) is 4.57 Å². The Balaban J connectivity index is 1.38. The third kappa shape index (κ3) is 3.06. The number of aromatic nitrogens is 1. The number of hydrogen-bond donors (Lipinski definition) is 1. The number of furan rings is 2. The van der Waals surface area contributed by atoms with Crippen molar-refractivity contribution >= 4 is 71.4 Å². The van der Waals surface area contributed by atoms with E-state index < -0.39 is 0 Å². The second-order valence-electron chi connectivity index (χ2n) is 10.7. The van der Waals surface area contributed by atoms with Crippen LogP contribution in [0.5, 0.6) is 0 Å². The summed E-state index contributed by atoms with van der Waals surface area (Å²) in [5.41, 5.74) is 15.7. The molecule has 3 heterocycles. The van der Waals surface area contributed by atoms with E-state index in [0.717, 1.165) is 82.5 Å². The zero-order valence-electron chi connectivity index (χ0n) is 22.3. The largest absolute Gasteiger partial charge is 0.456 e. The van der Waals surface area contributed by atoms with Gasteiger partial charge in [0.1, 0.15) is 22.3 Å². The van der Waals surface area contributed by atoms with Gasteiger partial charge in [-0.3, -0.25) is 0 Å². The first kappa shape index (κ1) is 22.8. The lowest BCUT2D eigenvalue weighted by Crippen LogP contribution is -1.98. The molecular formula is C37H21N3O2. The number of nitrogens with two attached hydrogens (primary N) is 1. The molecule has 0 unspecified atom stereocenters. The van der Waals surface area contributed by atoms with Crippen molar-refractivity contribution in [2.24, 2.45) is 0 Å². The maximum Gasteiger partial charge on any atom is 0.145 e. The van der Waals surface area contributed by atoms with Crippen LogP contribution in [0.4, 0.5) is 5.69 Å². The van der Waals surface area contributed by atoms with Gasteiger partial charge in [-0.1, -0.05) is 42.5 Å². The van der Waals surface area contributed by atoms with Crippen LogP contribution >= 0.6 is 0 Å². The number of nitriles is 1. The number of nitrogen functional groups attached to an aromatic ring is 1. The molecule has 0 spiro atoms. The van der Waals surface area contributed by atoms with Crippen molar-refractivity contribution in [2.75, 3.05) is 5.73 Å². The van der Waals surface area contributed by atoms with Gasteiger partial charge in [-0.2, -0.15) is 5.26 Å². The summed E-state index contributed by atoms with van der Waals surface area (Å²) >= 11 is 0. The van der Waals surface area contributed by atoms with E-state index >= 15 is 0 Å². The van der Waals surface area contributed by atoms with Crippen molar-refractivity contribution in [3.05, 3.63) is 121 Å². The van der Waals surface area contributed by atoms with Crippen LogP contribution in [0.3, 0.4) is 0 Å². The third-order valence-corrected chi connectivity index (χ3v) is 8.35. The molecule has 0 radical (unpaired) electrons. The number of rotatable bonds is 2. The molecule has 0 aliphatic heterocycles. The SMILES string of the molecule is N#Cc1ccc(-n2c3ccccc3c3c4oc5ccccc5c4ccc32)c(-c2ccc3oc4ccc(N)cc4c3c2)c1. The van der Waals surface area contributed by atoms with E-state index in [0.29, 0.717) is 11.3 Å². The lowest BCUT2D eigenvalue weighted by atomic mass is 9.98. The van der Waals surface area contributed by atoms with Gasteiger partial charge in [0.15, 0.2) is 0 Å². The van der Waals surface area contributed by atoms with Crippen LogP contribution in [0.25, 0.3) is 82.5 Å². The predicted octanol–water partition coefficient (Wildman–Crippen LogP) is 9.70. The molecule has 9 rings (SSSR count). The Labute approximate surface area is 239 Å². The van der Waals surface area contributed by atoms with Crippen LogP contribution in [-0.2, 0) is 0 Å². The average Bonchev–Trinajstić information content (AvgIpc) is 3.69. The van der Waals surface area contributed by atoms with Crippen LogP contribution in [0, 0.1) is 11.3 Å². The number of anilines is 1. The summed E-state index contributed by atoms with van der Waals surface area (Å²) in [5, 5.41) is 16.2. The van der Waals surface area contributed by atoms with Crippen LogP contribution in [0.2, 0.25) is 0 Å². The second-order valence-corrected chi connectivity index (χ2v) is 10.7. The second kappa shape index (κ2) is 8.26. The summed E-state index contributed by atoms with van der Waals surface area (Å²) in [6, 6.07) is 41.0. The van der Waals surface area contributed by atoms with Gasteiger partial charge >= 0.3 is 0 Å². The van der Waals surface area contributed by atoms with Gasteiger partial charge in [-0.15, -0.1) is 0 Å². The fourth-order valence-corrected chi connectivity index (χ4v) is 6.49. The summed E-state index contributed by atoms with van der Waals surface area (Å²) in [6.07, 6.45) is 0. The normalized spacial score (nSPS) is 11.9. The first-order chi connectivity index (χ1) is 20.7. The monoisotopic (exact) mass is 539 g/mol. The molecule has 42 heavy (non-hydrogen) atoms. The van der Waals surface area contributed by atoms with Crippen LogP contribution in [0.15, 0.2) is 124 Å². The molecule has 5 nitrogen and oxygen atoms in total. The summed E-state index contributed by atoms with van der Waals surface area (Å²) in [5.74, 6) is 0. The zero-order valence-corrected chi connectivity index (χ0v) is 22.3. The Morgan fingerprint density at radius 3 is 2.24 bits per heavy atom. The van der Waals surface area contributed by atoms with Crippen molar-refractivity contribution in [3.63, 3.8) is 0 Å². The van der Waals surface area contributed by atoms with Crippen molar-refractivity contribution in [2.45, 2.75) is 0 Å². The topological polar surface area (TPSA) is 81.0 Å². The third-order valence-electron chi connectivity index (χ3n) is 8.35. The van der Waals surface area contributed by atoms with Crippen LogP contribution < -0.4 is 5.73 Å². The number of hydrogen-bond acceptors (Lipinski definition) is 4. The van der Waals surface area contributed by atoms with Crippen molar-refractivity contribution < 1.29 is 8.83 Å². The van der Waals surface area contributed by atoms with E-state index in [1.165, 1.54) is 0 Å². The highest BCUT2D eigenvalue weighted by Gasteiger charge is 2.21. The van der Waals surface area contributed by atoms with Gasteiger partial charge in [-0.25, -0.2) is 0 Å². The Kier molecular flexibility index (Phi) is 4.48. The Bertz CT molecular complexity index is 2610. The Hall–Kier alpha value is -5.99. The lowest BCUT2D eigenvalue weighted by molar-refractivity contribution is 0.669. The van der Waals surface area contributed by atoms with E-state index in [1.54, 1.807) is 0 Å². The molecule has 2 N–H and O–H groups in total. The molecule has 0 saturated heterocycles. The van der Waals surface area contributed by atoms with E-state index in [1.807, 2.05) is 60.7 Å². The molecule has 6 aromatic carbocycles. The molecule has 0 bridgehead atoms. The van der Waals surface area contributed by atoms with Gasteiger partial charge in [0.2, 0.25) is 0 Å². The summed E-state index contributed by atoms with van der Waals surface area (Å²) in [6.45, 7) is 0. The maximum absolute atomic E-state index is 9.87. The first-order valence-electron chi connectivity index (χ1n) is 13.8. The lowest BCUT2D eigenvalue weighted by Gasteiger charge is -2.15. The summed E-state index contributed by atoms with van der Waals surface area (Å²) in [7, 11) is 0. The highest BCUT2D eigenvalue weighted by molar-refractivity contribution is 6.24. The Morgan fingerprint density at radius 2 is 1.36 bits per heavy atom. The molecular weight excluding hydrogens is 518 g/mol. The number of para-hydroxylation sites is 2. The quantitative estimate of drug-likeness (QED) is 0.222. The molecule has 0 saturated carbocycles. The molecule has 0 amide bonds. The van der Waals surface area contributed by atoms with E-state index in [9.17, 15) is 5.26 Å².